The van der Waals surface area contributed by atoms with Crippen LogP contribution in [0.3, 0.4) is 0 Å². The molecule has 1 aromatic carbocycles. The van der Waals surface area contributed by atoms with Gasteiger partial charge in [0.2, 0.25) is 5.91 Å². The quantitative estimate of drug-likeness (QED) is 0.796. The molecule has 5 nitrogen and oxygen atoms in total. The first-order valence-corrected chi connectivity index (χ1v) is 7.70. The highest BCUT2D eigenvalue weighted by molar-refractivity contribution is 7.09. The first-order valence-electron chi connectivity index (χ1n) is 6.82. The molecule has 1 heterocycles. The molecule has 2 aromatic rings. The van der Waals surface area contributed by atoms with Crippen molar-refractivity contribution in [2.45, 2.75) is 19.4 Å². The van der Waals surface area contributed by atoms with Crippen LogP contribution < -0.4 is 5.32 Å². The fourth-order valence-corrected chi connectivity index (χ4v) is 2.54. The number of nitrogens with one attached hydrogen (secondary N) is 1. The van der Waals surface area contributed by atoms with Gasteiger partial charge in [0.1, 0.15) is 5.82 Å². The van der Waals surface area contributed by atoms with Crippen molar-refractivity contribution in [1.29, 1.82) is 0 Å². The van der Waals surface area contributed by atoms with Crippen molar-refractivity contribution in [2.24, 2.45) is 0 Å². The number of aliphatic carboxylic acids is 1. The van der Waals surface area contributed by atoms with E-state index in [2.05, 4.69) is 10.3 Å². The molecule has 1 unspecified atom stereocenters. The van der Waals surface area contributed by atoms with Gasteiger partial charge in [-0.25, -0.2) is 9.37 Å². The van der Waals surface area contributed by atoms with Crippen LogP contribution in [0.4, 0.5) is 4.39 Å². The molecule has 0 aliphatic carbocycles. The Morgan fingerprint density at radius 3 is 2.65 bits per heavy atom. The zero-order chi connectivity index (χ0) is 16.8. The van der Waals surface area contributed by atoms with E-state index in [0.717, 1.165) is 5.01 Å². The molecular weight excluding hydrogens is 319 g/mol. The summed E-state index contributed by atoms with van der Waals surface area (Å²) in [6, 6.07) is 4.63. The molecule has 2 rings (SSSR count). The number of amides is 1. The van der Waals surface area contributed by atoms with Crippen molar-refractivity contribution in [3.8, 4) is 0 Å². The molecule has 2 N–H and O–H groups in total. The van der Waals surface area contributed by atoms with Crippen LogP contribution >= 0.6 is 11.3 Å². The van der Waals surface area contributed by atoms with E-state index in [0.29, 0.717) is 11.3 Å². The van der Waals surface area contributed by atoms with Gasteiger partial charge in [0.15, 0.2) is 0 Å². The van der Waals surface area contributed by atoms with E-state index in [1.165, 1.54) is 41.7 Å². The number of hydrogen-bond acceptors (Lipinski definition) is 4. The fraction of sp³-hybridized carbons (Fsp3) is 0.188. The van der Waals surface area contributed by atoms with E-state index in [9.17, 15) is 14.0 Å². The van der Waals surface area contributed by atoms with Gasteiger partial charge in [0, 0.05) is 11.5 Å². The number of carboxylic acids is 1. The maximum atomic E-state index is 13.0. The van der Waals surface area contributed by atoms with E-state index in [1.807, 2.05) is 12.3 Å². The average molecular weight is 334 g/mol. The second kappa shape index (κ2) is 7.64. The summed E-state index contributed by atoms with van der Waals surface area (Å²) in [6.45, 7) is 1.86. The van der Waals surface area contributed by atoms with Gasteiger partial charge >= 0.3 is 5.97 Å². The molecular formula is C16H15FN2O3S. The molecule has 120 valence electrons. The highest BCUT2D eigenvalue weighted by atomic mass is 32.1. The minimum Gasteiger partial charge on any atom is -0.481 e. The Bertz CT molecular complexity index is 725. The van der Waals surface area contributed by atoms with Crippen molar-refractivity contribution in [3.63, 3.8) is 0 Å². The van der Waals surface area contributed by atoms with E-state index < -0.39 is 23.7 Å². The lowest BCUT2D eigenvalue weighted by molar-refractivity contribution is -0.137. The van der Waals surface area contributed by atoms with Crippen molar-refractivity contribution < 1.29 is 19.1 Å². The molecule has 0 spiro atoms. The van der Waals surface area contributed by atoms with Gasteiger partial charge in [-0.05, 0) is 30.7 Å². The smallest absolute Gasteiger partial charge is 0.305 e. The third-order valence-corrected chi connectivity index (χ3v) is 3.80. The minimum atomic E-state index is -1.06. The lowest BCUT2D eigenvalue weighted by Crippen LogP contribution is -2.28. The largest absolute Gasteiger partial charge is 0.481 e. The van der Waals surface area contributed by atoms with Crippen LogP contribution in [0.5, 0.6) is 0 Å². The fourth-order valence-electron chi connectivity index (χ4n) is 1.96. The molecule has 0 saturated heterocycles. The Balaban J connectivity index is 2.07. The van der Waals surface area contributed by atoms with E-state index >= 15 is 0 Å². The van der Waals surface area contributed by atoms with Gasteiger partial charge in [-0.15, -0.1) is 11.3 Å². The number of benzene rings is 1. The lowest BCUT2D eigenvalue weighted by atomic mass is 10.0. The Morgan fingerprint density at radius 2 is 2.09 bits per heavy atom. The maximum absolute atomic E-state index is 13.0. The van der Waals surface area contributed by atoms with Crippen LogP contribution in [0, 0.1) is 12.7 Å². The number of carbonyl (C=O) groups excluding carboxylic acids is 1. The Labute approximate surface area is 136 Å². The SMILES string of the molecule is Cc1nc(/C=C/C(=O)NC(CC(=O)O)c2ccc(F)cc2)cs1. The monoisotopic (exact) mass is 334 g/mol. The second-order valence-corrected chi connectivity index (χ2v) is 5.90. The molecule has 0 fully saturated rings. The van der Waals surface area contributed by atoms with E-state index in [-0.39, 0.29) is 6.42 Å². The number of carboxylic acid groups (broad SMARTS) is 1. The van der Waals surface area contributed by atoms with E-state index in [4.69, 9.17) is 5.11 Å². The Hall–Kier alpha value is -2.54. The van der Waals surface area contributed by atoms with Crippen LogP contribution in [0.15, 0.2) is 35.7 Å². The first kappa shape index (κ1) is 16.8. The summed E-state index contributed by atoms with van der Waals surface area (Å²) in [5.74, 6) is -1.92. The summed E-state index contributed by atoms with van der Waals surface area (Å²) in [4.78, 5) is 27.1. The van der Waals surface area contributed by atoms with Gasteiger partial charge in [-0.2, -0.15) is 0 Å². The summed E-state index contributed by atoms with van der Waals surface area (Å²) in [5.41, 5.74) is 1.19. The molecule has 7 heteroatoms. The molecule has 0 bridgehead atoms. The molecule has 1 aromatic heterocycles. The van der Waals surface area contributed by atoms with Crippen LogP contribution in [0.2, 0.25) is 0 Å². The van der Waals surface area contributed by atoms with Crippen molar-refractivity contribution >= 4 is 29.3 Å². The highest BCUT2D eigenvalue weighted by Crippen LogP contribution is 2.17. The van der Waals surface area contributed by atoms with Gasteiger partial charge < -0.3 is 10.4 Å². The number of aromatic nitrogens is 1. The molecule has 0 aliphatic heterocycles. The minimum absolute atomic E-state index is 0.291. The van der Waals surface area contributed by atoms with Crippen molar-refractivity contribution in [2.75, 3.05) is 0 Å². The number of halogens is 1. The number of rotatable bonds is 6. The van der Waals surface area contributed by atoms with E-state index in [1.54, 1.807) is 6.08 Å². The third kappa shape index (κ3) is 5.30. The summed E-state index contributed by atoms with van der Waals surface area (Å²) < 4.78 is 13.0. The number of nitrogens with zero attached hydrogens (tertiary/aromatic N) is 1. The standard InChI is InChI=1S/C16H15FN2O3S/c1-10-18-13(9-23-10)6-7-15(20)19-14(8-16(21)22)11-2-4-12(17)5-3-11/h2-7,9,14H,8H2,1H3,(H,19,20)(H,21,22)/b7-6+. The van der Waals surface area contributed by atoms with Crippen molar-refractivity contribution in [3.05, 3.63) is 57.8 Å². The van der Waals surface area contributed by atoms with Crippen LogP contribution in [-0.2, 0) is 9.59 Å². The summed E-state index contributed by atoms with van der Waals surface area (Å²) in [5, 5.41) is 14.3. The molecule has 0 saturated carbocycles. The van der Waals surface area contributed by atoms with Gasteiger partial charge in [-0.3, -0.25) is 9.59 Å². The number of carbonyl (C=O) groups is 2. The zero-order valence-electron chi connectivity index (χ0n) is 12.3. The third-order valence-electron chi connectivity index (χ3n) is 3.01. The molecule has 0 radical (unpaired) electrons. The predicted octanol–water partition coefficient (Wildman–Crippen LogP) is 2.94. The van der Waals surface area contributed by atoms with Gasteiger partial charge in [0.25, 0.3) is 0 Å². The van der Waals surface area contributed by atoms with Crippen LogP contribution in [0.1, 0.15) is 28.7 Å². The Kier molecular flexibility index (Phi) is 5.59. The average Bonchev–Trinajstić information content (AvgIpc) is 2.90. The maximum Gasteiger partial charge on any atom is 0.305 e. The van der Waals surface area contributed by atoms with Crippen molar-refractivity contribution in [1.82, 2.24) is 10.3 Å². The molecule has 1 amide bonds. The predicted molar refractivity (Wildman–Crippen MR) is 85.4 cm³/mol. The highest BCUT2D eigenvalue weighted by Gasteiger charge is 2.17. The number of thiazole rings is 1. The molecule has 0 aliphatic rings. The van der Waals surface area contributed by atoms with Gasteiger partial charge in [-0.1, -0.05) is 12.1 Å². The summed E-state index contributed by atoms with van der Waals surface area (Å²) >= 11 is 1.47. The summed E-state index contributed by atoms with van der Waals surface area (Å²) in [7, 11) is 0. The van der Waals surface area contributed by atoms with Crippen LogP contribution in [-0.4, -0.2) is 22.0 Å². The van der Waals surface area contributed by atoms with Gasteiger partial charge in [0.05, 0.1) is 23.2 Å². The topological polar surface area (TPSA) is 79.3 Å². The second-order valence-electron chi connectivity index (χ2n) is 4.84. The number of hydrogen-bond donors (Lipinski definition) is 2. The first-order chi connectivity index (χ1) is 10.9. The summed E-state index contributed by atoms with van der Waals surface area (Å²) in [6.07, 6.45) is 2.56. The number of aryl methyl sites for hydroxylation is 1. The molecule has 1 atom stereocenters. The normalized spacial score (nSPS) is 12.3. The van der Waals surface area contributed by atoms with Crippen LogP contribution in [0.25, 0.3) is 6.08 Å². The zero-order valence-corrected chi connectivity index (χ0v) is 13.1. The Morgan fingerprint density at radius 1 is 1.39 bits per heavy atom. The molecule has 23 heavy (non-hydrogen) atoms. The lowest BCUT2D eigenvalue weighted by Gasteiger charge is -2.16.